The summed E-state index contributed by atoms with van der Waals surface area (Å²) in [6, 6.07) is 15.9. The van der Waals surface area contributed by atoms with Gasteiger partial charge in [0, 0.05) is 19.0 Å². The van der Waals surface area contributed by atoms with Gasteiger partial charge in [-0.05, 0) is 24.1 Å². The van der Waals surface area contributed by atoms with Crippen molar-refractivity contribution < 1.29 is 14.3 Å². The molecule has 0 N–H and O–H groups in total. The molecule has 1 saturated heterocycles. The summed E-state index contributed by atoms with van der Waals surface area (Å²) in [5.41, 5.74) is 1.91. The van der Waals surface area contributed by atoms with Crippen LogP contribution in [0, 0.1) is 0 Å². The maximum Gasteiger partial charge on any atom is 0.257 e. The van der Waals surface area contributed by atoms with E-state index in [2.05, 4.69) is 24.3 Å². The Kier molecular flexibility index (Phi) is 3.66. The highest BCUT2D eigenvalue weighted by molar-refractivity contribution is 5.98. The molecule has 2 heterocycles. The Bertz CT molecular complexity index is 714. The van der Waals surface area contributed by atoms with Gasteiger partial charge in [0.2, 0.25) is 0 Å². The third-order valence-corrected chi connectivity index (χ3v) is 4.54. The fourth-order valence-electron chi connectivity index (χ4n) is 3.35. The monoisotopic (exact) mass is 309 g/mol. The maximum absolute atomic E-state index is 12.9. The number of amides is 1. The van der Waals surface area contributed by atoms with Crippen molar-refractivity contribution in [2.24, 2.45) is 0 Å². The summed E-state index contributed by atoms with van der Waals surface area (Å²) in [4.78, 5) is 14.8. The van der Waals surface area contributed by atoms with Crippen LogP contribution in [0.3, 0.4) is 0 Å². The normalized spacial score (nSPS) is 19.7. The fraction of sp³-hybridized carbons (Fsp3) is 0.316. The zero-order chi connectivity index (χ0) is 15.6. The van der Waals surface area contributed by atoms with Crippen LogP contribution in [-0.2, 0) is 0 Å². The molecule has 2 aliphatic heterocycles. The third kappa shape index (κ3) is 2.65. The molecule has 4 nitrogen and oxygen atoms in total. The number of ether oxygens (including phenoxy) is 2. The van der Waals surface area contributed by atoms with Gasteiger partial charge in [-0.1, -0.05) is 36.4 Å². The molecule has 0 saturated carbocycles. The molecule has 1 amide bonds. The summed E-state index contributed by atoms with van der Waals surface area (Å²) in [6.07, 6.45) is 1.00. The Morgan fingerprint density at radius 2 is 1.83 bits per heavy atom. The van der Waals surface area contributed by atoms with E-state index in [0.29, 0.717) is 36.2 Å². The lowest BCUT2D eigenvalue weighted by molar-refractivity contribution is 0.0780. The number of hydrogen-bond donors (Lipinski definition) is 0. The number of benzene rings is 2. The third-order valence-electron chi connectivity index (χ3n) is 4.54. The highest BCUT2D eigenvalue weighted by Gasteiger charge is 2.30. The van der Waals surface area contributed by atoms with Crippen LogP contribution in [0.1, 0.15) is 28.3 Å². The van der Waals surface area contributed by atoms with E-state index in [1.165, 1.54) is 5.56 Å². The Balaban J connectivity index is 1.55. The predicted molar refractivity (Wildman–Crippen MR) is 87.1 cm³/mol. The number of fused-ring (bicyclic) bond motifs is 1. The fourth-order valence-corrected chi connectivity index (χ4v) is 3.35. The first-order chi connectivity index (χ1) is 11.3. The number of rotatable bonds is 2. The number of carbonyl (C=O) groups is 1. The summed E-state index contributed by atoms with van der Waals surface area (Å²) < 4.78 is 11.2. The topological polar surface area (TPSA) is 38.8 Å². The van der Waals surface area contributed by atoms with E-state index in [1.54, 1.807) is 0 Å². The lowest BCUT2D eigenvalue weighted by atomic mass is 9.99. The summed E-state index contributed by atoms with van der Waals surface area (Å²) in [7, 11) is 0. The zero-order valence-electron chi connectivity index (χ0n) is 12.9. The molecule has 0 bridgehead atoms. The first-order valence-corrected chi connectivity index (χ1v) is 8.06. The van der Waals surface area contributed by atoms with Crippen molar-refractivity contribution in [1.29, 1.82) is 0 Å². The van der Waals surface area contributed by atoms with Gasteiger partial charge in [-0.15, -0.1) is 0 Å². The standard InChI is InChI=1S/C19H19NO3/c21-19(16-7-4-8-17-18(16)23-12-11-22-17)20-10-9-15(13-20)14-5-2-1-3-6-14/h1-8,15H,9-13H2. The van der Waals surface area contributed by atoms with Gasteiger partial charge < -0.3 is 14.4 Å². The Hall–Kier alpha value is -2.49. The molecule has 4 rings (SSSR count). The minimum absolute atomic E-state index is 0.0331. The summed E-state index contributed by atoms with van der Waals surface area (Å²) in [5, 5.41) is 0. The molecule has 2 aromatic carbocycles. The Labute approximate surface area is 135 Å². The molecule has 4 heteroatoms. The smallest absolute Gasteiger partial charge is 0.257 e. The van der Waals surface area contributed by atoms with Gasteiger partial charge in [-0.2, -0.15) is 0 Å². The van der Waals surface area contributed by atoms with E-state index in [-0.39, 0.29) is 5.91 Å². The minimum Gasteiger partial charge on any atom is -0.486 e. The van der Waals surface area contributed by atoms with Gasteiger partial charge in [0.1, 0.15) is 13.2 Å². The van der Waals surface area contributed by atoms with Gasteiger partial charge in [-0.3, -0.25) is 4.79 Å². The van der Waals surface area contributed by atoms with Gasteiger partial charge in [-0.25, -0.2) is 0 Å². The van der Waals surface area contributed by atoms with E-state index in [1.807, 2.05) is 29.2 Å². The maximum atomic E-state index is 12.9. The largest absolute Gasteiger partial charge is 0.486 e. The molecule has 1 unspecified atom stereocenters. The first-order valence-electron chi connectivity index (χ1n) is 8.06. The lowest BCUT2D eigenvalue weighted by Crippen LogP contribution is -2.29. The van der Waals surface area contributed by atoms with Crippen LogP contribution in [-0.4, -0.2) is 37.1 Å². The zero-order valence-corrected chi connectivity index (χ0v) is 12.9. The number of para-hydroxylation sites is 1. The Morgan fingerprint density at radius 3 is 2.70 bits per heavy atom. The number of likely N-dealkylation sites (tertiary alicyclic amines) is 1. The van der Waals surface area contributed by atoms with Crippen molar-refractivity contribution in [2.75, 3.05) is 26.3 Å². The van der Waals surface area contributed by atoms with Crippen LogP contribution in [0.15, 0.2) is 48.5 Å². The van der Waals surface area contributed by atoms with Crippen LogP contribution >= 0.6 is 0 Å². The predicted octanol–water partition coefficient (Wildman–Crippen LogP) is 3.09. The van der Waals surface area contributed by atoms with Gasteiger partial charge in [0.15, 0.2) is 11.5 Å². The number of nitrogens with zero attached hydrogens (tertiary/aromatic N) is 1. The van der Waals surface area contributed by atoms with Crippen molar-refractivity contribution in [3.63, 3.8) is 0 Å². The SMILES string of the molecule is O=C(c1cccc2c1OCCO2)N1CCC(c2ccccc2)C1. The average Bonchev–Trinajstić information content (AvgIpc) is 3.11. The summed E-state index contributed by atoms with van der Waals surface area (Å²) in [5.74, 6) is 1.70. The van der Waals surface area contributed by atoms with Crippen LogP contribution < -0.4 is 9.47 Å². The molecule has 0 spiro atoms. The molecular formula is C19H19NO3. The van der Waals surface area contributed by atoms with E-state index in [4.69, 9.17) is 9.47 Å². The molecule has 0 radical (unpaired) electrons. The molecule has 118 valence electrons. The molecule has 0 aliphatic carbocycles. The van der Waals surface area contributed by atoms with Gasteiger partial charge in [0.05, 0.1) is 5.56 Å². The molecule has 1 atom stereocenters. The molecule has 2 aliphatic rings. The van der Waals surface area contributed by atoms with Crippen LogP contribution in [0.25, 0.3) is 0 Å². The highest BCUT2D eigenvalue weighted by Crippen LogP contribution is 2.36. The quantitative estimate of drug-likeness (QED) is 0.856. The van der Waals surface area contributed by atoms with E-state index >= 15 is 0 Å². The number of carbonyl (C=O) groups excluding carboxylic acids is 1. The van der Waals surface area contributed by atoms with Crippen molar-refractivity contribution >= 4 is 5.91 Å². The van der Waals surface area contributed by atoms with Crippen molar-refractivity contribution in [3.8, 4) is 11.5 Å². The van der Waals surface area contributed by atoms with Gasteiger partial charge >= 0.3 is 0 Å². The highest BCUT2D eigenvalue weighted by atomic mass is 16.6. The number of hydrogen-bond acceptors (Lipinski definition) is 3. The summed E-state index contributed by atoms with van der Waals surface area (Å²) >= 11 is 0. The second-order valence-electron chi connectivity index (χ2n) is 5.98. The second-order valence-corrected chi connectivity index (χ2v) is 5.98. The van der Waals surface area contributed by atoms with E-state index in [9.17, 15) is 4.79 Å². The molecule has 0 aromatic heterocycles. The average molecular weight is 309 g/mol. The lowest BCUT2D eigenvalue weighted by Gasteiger charge is -2.23. The van der Waals surface area contributed by atoms with Crippen molar-refractivity contribution in [1.82, 2.24) is 4.90 Å². The van der Waals surface area contributed by atoms with Crippen LogP contribution in [0.5, 0.6) is 11.5 Å². The Morgan fingerprint density at radius 1 is 1.00 bits per heavy atom. The van der Waals surface area contributed by atoms with E-state index < -0.39 is 0 Å². The van der Waals surface area contributed by atoms with E-state index in [0.717, 1.165) is 19.5 Å². The second kappa shape index (κ2) is 5.95. The molecular weight excluding hydrogens is 290 g/mol. The molecule has 23 heavy (non-hydrogen) atoms. The minimum atomic E-state index is 0.0331. The summed E-state index contributed by atoms with van der Waals surface area (Å²) in [6.45, 7) is 2.56. The van der Waals surface area contributed by atoms with Crippen molar-refractivity contribution in [2.45, 2.75) is 12.3 Å². The van der Waals surface area contributed by atoms with Crippen molar-refractivity contribution in [3.05, 3.63) is 59.7 Å². The van der Waals surface area contributed by atoms with Crippen LogP contribution in [0.4, 0.5) is 0 Å². The van der Waals surface area contributed by atoms with Crippen LogP contribution in [0.2, 0.25) is 0 Å². The molecule has 2 aromatic rings. The molecule has 1 fully saturated rings. The first kappa shape index (κ1) is 14.1. The van der Waals surface area contributed by atoms with Gasteiger partial charge in [0.25, 0.3) is 5.91 Å².